The topological polar surface area (TPSA) is 70.6 Å². The molecule has 0 aromatic carbocycles. The molecule has 2 aliphatic heterocycles. The number of hydrogen-bond acceptors (Lipinski definition) is 5. The van der Waals surface area contributed by atoms with E-state index in [1.54, 1.807) is 6.20 Å². The predicted molar refractivity (Wildman–Crippen MR) is 104 cm³/mol. The minimum absolute atomic E-state index is 0.103. The molecule has 3 aliphatic rings. The third kappa shape index (κ3) is 4.35. The maximum Gasteiger partial charge on any atom is 0.222 e. The second-order valence-corrected chi connectivity index (χ2v) is 10.4. The number of pyridine rings is 1. The van der Waals surface area contributed by atoms with Gasteiger partial charge >= 0.3 is 0 Å². The summed E-state index contributed by atoms with van der Waals surface area (Å²) >= 11 is 0. The molecule has 1 aromatic rings. The molecule has 3 heterocycles. The van der Waals surface area contributed by atoms with Crippen LogP contribution in [0, 0.1) is 5.92 Å². The number of amides is 1. The summed E-state index contributed by atoms with van der Waals surface area (Å²) in [6.07, 6.45) is 8.34. The number of fused-ring (bicyclic) bond motifs is 1. The van der Waals surface area contributed by atoms with E-state index in [1.807, 2.05) is 23.1 Å². The molecule has 4 rings (SSSR count). The number of sulfone groups is 1. The highest BCUT2D eigenvalue weighted by Crippen LogP contribution is 2.31. The van der Waals surface area contributed by atoms with Crippen LogP contribution in [0.25, 0.3) is 0 Å². The molecule has 3 fully saturated rings. The van der Waals surface area contributed by atoms with Crippen LogP contribution < -0.4 is 0 Å². The lowest BCUT2D eigenvalue weighted by molar-refractivity contribution is -0.137. The van der Waals surface area contributed by atoms with E-state index in [2.05, 4.69) is 9.88 Å². The van der Waals surface area contributed by atoms with Crippen molar-refractivity contribution in [1.29, 1.82) is 0 Å². The van der Waals surface area contributed by atoms with E-state index in [9.17, 15) is 13.2 Å². The first-order valence-electron chi connectivity index (χ1n) is 10.2. The molecule has 2 atom stereocenters. The number of hydrogen-bond donors (Lipinski definition) is 0. The van der Waals surface area contributed by atoms with Gasteiger partial charge in [-0.3, -0.25) is 14.7 Å². The van der Waals surface area contributed by atoms with Crippen LogP contribution in [0.15, 0.2) is 24.4 Å². The van der Waals surface area contributed by atoms with E-state index in [0.717, 1.165) is 12.1 Å². The summed E-state index contributed by atoms with van der Waals surface area (Å²) in [6.45, 7) is 1.97. The quantitative estimate of drug-likeness (QED) is 0.766. The minimum Gasteiger partial charge on any atom is -0.336 e. The van der Waals surface area contributed by atoms with Gasteiger partial charge in [-0.2, -0.15) is 0 Å². The molecule has 7 heteroatoms. The number of nitrogens with zero attached hydrogens (tertiary/aromatic N) is 3. The van der Waals surface area contributed by atoms with Crippen molar-refractivity contribution >= 4 is 15.7 Å². The molecule has 1 aromatic heterocycles. The summed E-state index contributed by atoms with van der Waals surface area (Å²) in [4.78, 5) is 21.3. The standard InChI is InChI=1S/C20H29N3O3S/c24-20(9-8-16-5-1-2-6-16)23-12-11-22(13-17-7-3-4-10-21-17)18-14-27(25,26)15-19(18)23/h3-4,7,10,16,18-19H,1-2,5-6,8-9,11-15H2/t18-,19+/m1/s1. The van der Waals surface area contributed by atoms with Crippen LogP contribution in [0.2, 0.25) is 0 Å². The zero-order chi connectivity index (χ0) is 18.9. The predicted octanol–water partition coefficient (Wildman–Crippen LogP) is 1.86. The molecule has 6 nitrogen and oxygen atoms in total. The highest BCUT2D eigenvalue weighted by atomic mass is 32.2. The Bertz CT molecular complexity index is 762. The van der Waals surface area contributed by atoms with E-state index in [1.165, 1.54) is 25.7 Å². The monoisotopic (exact) mass is 391 g/mol. The summed E-state index contributed by atoms with van der Waals surface area (Å²) in [5, 5.41) is 0. The number of aromatic nitrogens is 1. The van der Waals surface area contributed by atoms with Gasteiger partial charge in [0.05, 0.1) is 23.2 Å². The fourth-order valence-corrected chi connectivity index (χ4v) is 7.01. The second-order valence-electron chi connectivity index (χ2n) is 8.28. The van der Waals surface area contributed by atoms with E-state index in [4.69, 9.17) is 0 Å². The SMILES string of the molecule is O=C(CCC1CCCC1)N1CCN(Cc2ccccn2)[C@@H]2CS(=O)(=O)C[C@@H]21. The third-order valence-electron chi connectivity index (χ3n) is 6.44. The second kappa shape index (κ2) is 7.87. The van der Waals surface area contributed by atoms with Crippen LogP contribution in [0.1, 0.15) is 44.2 Å². The summed E-state index contributed by atoms with van der Waals surface area (Å²) in [5.74, 6) is 1.08. The van der Waals surface area contributed by atoms with Gasteiger partial charge in [-0.05, 0) is 24.5 Å². The first kappa shape index (κ1) is 18.9. The molecule has 0 spiro atoms. The van der Waals surface area contributed by atoms with Gasteiger partial charge < -0.3 is 4.90 Å². The molecular weight excluding hydrogens is 362 g/mol. The largest absolute Gasteiger partial charge is 0.336 e. The van der Waals surface area contributed by atoms with Crippen molar-refractivity contribution < 1.29 is 13.2 Å². The Hall–Kier alpha value is -1.47. The van der Waals surface area contributed by atoms with Crippen LogP contribution in [0.5, 0.6) is 0 Å². The Morgan fingerprint density at radius 2 is 1.89 bits per heavy atom. The molecule has 0 N–H and O–H groups in total. The van der Waals surface area contributed by atoms with E-state index < -0.39 is 9.84 Å². The van der Waals surface area contributed by atoms with Gasteiger partial charge in [0.25, 0.3) is 0 Å². The lowest BCUT2D eigenvalue weighted by Gasteiger charge is -2.44. The van der Waals surface area contributed by atoms with E-state index >= 15 is 0 Å². The summed E-state index contributed by atoms with van der Waals surface area (Å²) < 4.78 is 24.7. The molecule has 0 unspecified atom stereocenters. The lowest BCUT2D eigenvalue weighted by Crippen LogP contribution is -2.60. The zero-order valence-corrected chi connectivity index (χ0v) is 16.6. The number of carbonyl (C=O) groups is 1. The fourth-order valence-electron chi connectivity index (χ4n) is 5.00. The van der Waals surface area contributed by atoms with Crippen molar-refractivity contribution in [3.05, 3.63) is 30.1 Å². The van der Waals surface area contributed by atoms with Crippen LogP contribution in [-0.2, 0) is 21.2 Å². The summed E-state index contributed by atoms with van der Waals surface area (Å²) in [7, 11) is -3.11. The Kier molecular flexibility index (Phi) is 5.50. The minimum atomic E-state index is -3.11. The van der Waals surface area contributed by atoms with Crippen molar-refractivity contribution in [2.75, 3.05) is 24.6 Å². The molecular formula is C20H29N3O3S. The molecule has 0 bridgehead atoms. The lowest BCUT2D eigenvalue weighted by atomic mass is 9.99. The summed E-state index contributed by atoms with van der Waals surface area (Å²) in [6, 6.07) is 5.49. The molecule has 2 saturated heterocycles. The van der Waals surface area contributed by atoms with E-state index in [-0.39, 0.29) is 29.5 Å². The van der Waals surface area contributed by atoms with Crippen molar-refractivity contribution in [3.63, 3.8) is 0 Å². The maximum absolute atomic E-state index is 12.9. The molecule has 1 amide bonds. The van der Waals surface area contributed by atoms with Crippen molar-refractivity contribution in [2.24, 2.45) is 5.92 Å². The average Bonchev–Trinajstić information content (AvgIpc) is 3.27. The molecule has 0 radical (unpaired) electrons. The highest BCUT2D eigenvalue weighted by molar-refractivity contribution is 7.91. The Morgan fingerprint density at radius 3 is 2.63 bits per heavy atom. The van der Waals surface area contributed by atoms with Crippen LogP contribution in [-0.4, -0.2) is 65.8 Å². The number of carbonyl (C=O) groups excluding carboxylic acids is 1. The Morgan fingerprint density at radius 1 is 1.11 bits per heavy atom. The molecule has 27 heavy (non-hydrogen) atoms. The van der Waals surface area contributed by atoms with Gasteiger partial charge in [0.1, 0.15) is 0 Å². The average molecular weight is 392 g/mol. The van der Waals surface area contributed by atoms with Crippen molar-refractivity contribution in [2.45, 2.75) is 57.2 Å². The smallest absolute Gasteiger partial charge is 0.222 e. The summed E-state index contributed by atoms with van der Waals surface area (Å²) in [5.41, 5.74) is 0.946. The van der Waals surface area contributed by atoms with Gasteiger partial charge in [0.15, 0.2) is 9.84 Å². The zero-order valence-electron chi connectivity index (χ0n) is 15.8. The Balaban J connectivity index is 1.44. The molecule has 148 valence electrons. The van der Waals surface area contributed by atoms with Gasteiger partial charge in [0.2, 0.25) is 5.91 Å². The maximum atomic E-state index is 12.9. The van der Waals surface area contributed by atoms with Crippen LogP contribution in [0.4, 0.5) is 0 Å². The molecule has 1 saturated carbocycles. The van der Waals surface area contributed by atoms with Gasteiger partial charge in [-0.25, -0.2) is 8.42 Å². The van der Waals surface area contributed by atoms with Crippen LogP contribution in [0.3, 0.4) is 0 Å². The van der Waals surface area contributed by atoms with Crippen molar-refractivity contribution in [3.8, 4) is 0 Å². The van der Waals surface area contributed by atoms with Gasteiger partial charge in [-0.1, -0.05) is 31.7 Å². The van der Waals surface area contributed by atoms with E-state index in [0.29, 0.717) is 32.0 Å². The Labute approximate surface area is 161 Å². The highest BCUT2D eigenvalue weighted by Gasteiger charge is 2.47. The first-order chi connectivity index (χ1) is 13.0. The van der Waals surface area contributed by atoms with Crippen molar-refractivity contribution in [1.82, 2.24) is 14.8 Å². The number of rotatable bonds is 5. The third-order valence-corrected chi connectivity index (χ3v) is 8.14. The van der Waals surface area contributed by atoms with Crippen LogP contribution >= 0.6 is 0 Å². The molecule has 1 aliphatic carbocycles. The normalized spacial score (nSPS) is 28.4. The fraction of sp³-hybridized carbons (Fsp3) is 0.700. The first-order valence-corrected chi connectivity index (χ1v) is 12.0. The van der Waals surface area contributed by atoms with Gasteiger partial charge in [-0.15, -0.1) is 0 Å². The number of piperazine rings is 1. The van der Waals surface area contributed by atoms with Gasteiger partial charge in [0, 0.05) is 38.3 Å².